The van der Waals surface area contributed by atoms with E-state index in [0.29, 0.717) is 11.1 Å². The SMILES string of the molecule is C[C@@H]1[C@H]2[C@H](O[C@@H]3O[C@@H](COC(=O)/C=C\c4ccc(O)c(O)c4)[C@@H](O)[C@H](O)[C@H]3O)OC=C(C(=O)O)[C@@H]2C[C@@H]1OC(=O)/C=C\c1ccc(O)cc1. The lowest BCUT2D eigenvalue weighted by Crippen LogP contribution is -2.60. The number of carbonyl (C=O) groups excluding carboxylic acids is 2. The number of rotatable bonds is 10. The minimum Gasteiger partial charge on any atom is -0.508 e. The van der Waals surface area contributed by atoms with E-state index in [2.05, 4.69) is 0 Å². The number of hydrogen-bond acceptors (Lipinski definition) is 14. The van der Waals surface area contributed by atoms with E-state index in [0.717, 1.165) is 12.3 Å². The highest BCUT2D eigenvalue weighted by molar-refractivity contribution is 5.88. The summed E-state index contributed by atoms with van der Waals surface area (Å²) < 4.78 is 28.1. The maximum absolute atomic E-state index is 12.7. The van der Waals surface area contributed by atoms with Gasteiger partial charge in [0.2, 0.25) is 6.29 Å². The van der Waals surface area contributed by atoms with Crippen LogP contribution in [0.25, 0.3) is 12.2 Å². The molecule has 0 bridgehead atoms. The number of carboxylic acids is 1. The third-order valence-electron chi connectivity index (χ3n) is 8.74. The van der Waals surface area contributed by atoms with Crippen LogP contribution in [0, 0.1) is 17.8 Å². The average molecular weight is 685 g/mol. The molecule has 1 saturated heterocycles. The highest BCUT2D eigenvalue weighted by atomic mass is 16.8. The van der Waals surface area contributed by atoms with Crippen LogP contribution in [0.2, 0.25) is 0 Å². The molecule has 0 spiro atoms. The first-order valence-corrected chi connectivity index (χ1v) is 15.3. The molecule has 0 radical (unpaired) electrons. The maximum Gasteiger partial charge on any atom is 0.334 e. The van der Waals surface area contributed by atoms with E-state index < -0.39 is 91.1 Å². The summed E-state index contributed by atoms with van der Waals surface area (Å²) in [7, 11) is 0. The molecule has 2 aliphatic heterocycles. The molecule has 7 N–H and O–H groups in total. The first-order chi connectivity index (χ1) is 23.3. The molecule has 0 unspecified atom stereocenters. The molecule has 1 saturated carbocycles. The van der Waals surface area contributed by atoms with Crippen LogP contribution in [-0.4, -0.2) is 103 Å². The number of fused-ring (bicyclic) bond motifs is 1. The third-order valence-corrected chi connectivity index (χ3v) is 8.74. The van der Waals surface area contributed by atoms with Crippen LogP contribution in [0.3, 0.4) is 0 Å². The number of benzene rings is 2. The van der Waals surface area contributed by atoms with Crippen molar-refractivity contribution in [1.82, 2.24) is 0 Å². The maximum atomic E-state index is 12.7. The van der Waals surface area contributed by atoms with Gasteiger partial charge in [0.25, 0.3) is 0 Å². The lowest BCUT2D eigenvalue weighted by Gasteiger charge is -2.43. The summed E-state index contributed by atoms with van der Waals surface area (Å²) in [5, 5.41) is 70.1. The van der Waals surface area contributed by atoms with Gasteiger partial charge in [-0.3, -0.25) is 0 Å². The van der Waals surface area contributed by atoms with E-state index >= 15 is 0 Å². The van der Waals surface area contributed by atoms with Crippen molar-refractivity contribution in [3.63, 3.8) is 0 Å². The molecular weight excluding hydrogens is 648 g/mol. The zero-order valence-corrected chi connectivity index (χ0v) is 26.0. The van der Waals surface area contributed by atoms with E-state index in [4.69, 9.17) is 23.7 Å². The summed E-state index contributed by atoms with van der Waals surface area (Å²) in [6.07, 6.45) is -4.08. The quantitative estimate of drug-likeness (QED) is 0.106. The zero-order chi connectivity index (χ0) is 35.4. The fourth-order valence-corrected chi connectivity index (χ4v) is 6.07. The van der Waals surface area contributed by atoms with Crippen LogP contribution in [0.1, 0.15) is 24.5 Å². The number of aliphatic carboxylic acids is 1. The van der Waals surface area contributed by atoms with Gasteiger partial charge in [-0.15, -0.1) is 0 Å². The molecule has 2 fully saturated rings. The fourth-order valence-electron chi connectivity index (χ4n) is 6.07. The summed E-state index contributed by atoms with van der Waals surface area (Å²) in [6, 6.07) is 10.0. The minimum atomic E-state index is -1.79. The first kappa shape index (κ1) is 35.4. The van der Waals surface area contributed by atoms with Crippen molar-refractivity contribution in [2.45, 2.75) is 56.4 Å². The molecule has 0 aromatic heterocycles. The molecule has 10 atom stereocenters. The van der Waals surface area contributed by atoms with Crippen molar-refractivity contribution in [3.05, 3.63) is 77.6 Å². The van der Waals surface area contributed by atoms with Crippen LogP contribution < -0.4 is 0 Å². The highest BCUT2D eigenvalue weighted by Gasteiger charge is 2.54. The lowest BCUT2D eigenvalue weighted by atomic mass is 9.83. The summed E-state index contributed by atoms with van der Waals surface area (Å²) in [5.41, 5.74) is 0.942. The van der Waals surface area contributed by atoms with Crippen molar-refractivity contribution >= 4 is 30.1 Å². The van der Waals surface area contributed by atoms with Crippen LogP contribution in [0.4, 0.5) is 0 Å². The fraction of sp³-hybridized carbons (Fsp3) is 0.382. The van der Waals surface area contributed by atoms with Crippen molar-refractivity contribution in [3.8, 4) is 17.2 Å². The van der Waals surface area contributed by atoms with Gasteiger partial charge in [-0.05, 0) is 54.0 Å². The number of esters is 2. The van der Waals surface area contributed by atoms with Crippen molar-refractivity contribution in [2.75, 3.05) is 6.61 Å². The second-order valence-corrected chi connectivity index (χ2v) is 11.9. The number of ether oxygens (including phenoxy) is 5. The molecule has 0 amide bonds. The summed E-state index contributed by atoms with van der Waals surface area (Å²) >= 11 is 0. The molecule has 15 heteroatoms. The Hall–Kier alpha value is -4.93. The Kier molecular flexibility index (Phi) is 10.9. The smallest absolute Gasteiger partial charge is 0.334 e. The van der Waals surface area contributed by atoms with Gasteiger partial charge in [0, 0.05) is 29.9 Å². The number of aliphatic hydroxyl groups excluding tert-OH is 3. The second-order valence-electron chi connectivity index (χ2n) is 11.9. The first-order valence-electron chi connectivity index (χ1n) is 15.3. The number of phenols is 3. The Bertz CT molecular complexity index is 1620. The molecule has 15 nitrogen and oxygen atoms in total. The van der Waals surface area contributed by atoms with Gasteiger partial charge >= 0.3 is 17.9 Å². The topological polar surface area (TPSA) is 239 Å². The van der Waals surface area contributed by atoms with Crippen LogP contribution in [0.15, 0.2) is 66.5 Å². The number of hydrogen-bond donors (Lipinski definition) is 7. The van der Waals surface area contributed by atoms with Crippen LogP contribution in [-0.2, 0) is 38.1 Å². The van der Waals surface area contributed by atoms with E-state index in [1.807, 2.05) is 0 Å². The van der Waals surface area contributed by atoms with Crippen molar-refractivity contribution in [2.24, 2.45) is 17.8 Å². The second kappa shape index (κ2) is 15.1. The van der Waals surface area contributed by atoms with E-state index in [1.165, 1.54) is 48.6 Å². The van der Waals surface area contributed by atoms with Crippen molar-refractivity contribution in [1.29, 1.82) is 0 Å². The van der Waals surface area contributed by atoms with Gasteiger partial charge in [0.05, 0.1) is 11.8 Å². The minimum absolute atomic E-state index is 0.0675. The Morgan fingerprint density at radius 2 is 1.53 bits per heavy atom. The predicted octanol–water partition coefficient (Wildman–Crippen LogP) is 1.41. The summed E-state index contributed by atoms with van der Waals surface area (Å²) in [4.78, 5) is 37.0. The highest BCUT2D eigenvalue weighted by Crippen LogP contribution is 2.48. The number of carboxylic acid groups (broad SMARTS) is 1. The monoisotopic (exact) mass is 684 g/mol. The lowest BCUT2D eigenvalue weighted by molar-refractivity contribution is -0.342. The molecule has 2 aromatic carbocycles. The van der Waals surface area contributed by atoms with Gasteiger partial charge in [0.15, 0.2) is 17.8 Å². The van der Waals surface area contributed by atoms with Crippen LogP contribution in [0.5, 0.6) is 17.2 Å². The van der Waals surface area contributed by atoms with E-state index in [-0.39, 0.29) is 23.5 Å². The predicted molar refractivity (Wildman–Crippen MR) is 166 cm³/mol. The summed E-state index contributed by atoms with van der Waals surface area (Å²) in [5.74, 6) is -5.38. The normalized spacial score (nSPS) is 31.1. The molecule has 262 valence electrons. The molecule has 5 rings (SSSR count). The molecular formula is C34H36O15. The number of aliphatic hydroxyl groups is 3. The van der Waals surface area contributed by atoms with Gasteiger partial charge < -0.3 is 59.4 Å². The Labute approximate surface area is 279 Å². The van der Waals surface area contributed by atoms with Gasteiger partial charge in [-0.2, -0.15) is 0 Å². The number of phenolic OH excluding ortho intramolecular Hbond substituents is 3. The Morgan fingerprint density at radius 3 is 2.22 bits per heavy atom. The van der Waals surface area contributed by atoms with E-state index in [9.17, 15) is 50.1 Å². The van der Waals surface area contributed by atoms with E-state index in [1.54, 1.807) is 19.1 Å². The molecule has 2 heterocycles. The number of aromatic hydroxyl groups is 3. The molecule has 2 aromatic rings. The average Bonchev–Trinajstić information content (AvgIpc) is 3.39. The summed E-state index contributed by atoms with van der Waals surface area (Å²) in [6.45, 7) is 1.16. The van der Waals surface area contributed by atoms with Gasteiger partial charge in [0.1, 0.15) is 42.9 Å². The van der Waals surface area contributed by atoms with Crippen molar-refractivity contribution < 1.29 is 73.8 Å². The number of carbonyl (C=O) groups is 3. The van der Waals surface area contributed by atoms with Gasteiger partial charge in [-0.25, -0.2) is 14.4 Å². The molecule has 3 aliphatic rings. The molecule has 1 aliphatic carbocycles. The van der Waals surface area contributed by atoms with Gasteiger partial charge in [-0.1, -0.05) is 25.1 Å². The zero-order valence-electron chi connectivity index (χ0n) is 26.0. The standard InChI is InChI=1S/C34H36O15/c1-16-24(47-27(39)11-5-17-2-7-19(35)8-3-17)13-20-21(32(43)44)14-46-33(28(16)20)49-34-31(42)30(41)29(40)25(48-34)15-45-26(38)10-6-18-4-9-22(36)23(37)12-18/h2-12,14,16,20,24-25,28-31,33-37,40-42H,13,15H2,1H3,(H,43,44)/b10-6-,11-5-/t16-,20-,24-,25-,28+,29+,30-,31+,33-,34-/m0/s1. The Morgan fingerprint density at radius 1 is 0.857 bits per heavy atom. The molecule has 49 heavy (non-hydrogen) atoms. The third kappa shape index (κ3) is 8.21. The van der Waals surface area contributed by atoms with Crippen LogP contribution >= 0.6 is 0 Å². The largest absolute Gasteiger partial charge is 0.508 e. The Balaban J connectivity index is 1.23.